The van der Waals surface area contributed by atoms with E-state index in [0.717, 1.165) is 6.42 Å². The van der Waals surface area contributed by atoms with Gasteiger partial charge in [-0.3, -0.25) is 0 Å². The molecule has 0 rings (SSSR count). The molecule has 2 nitrogen and oxygen atoms in total. The zero-order valence-corrected chi connectivity index (χ0v) is 7.04. The second-order valence-electron chi connectivity index (χ2n) is 3.37. The third-order valence-electron chi connectivity index (χ3n) is 1.36. The predicted octanol–water partition coefficient (Wildman–Crippen LogP) is 1.16. The van der Waals surface area contributed by atoms with Gasteiger partial charge in [0.1, 0.15) is 0 Å². The fourth-order valence-corrected chi connectivity index (χ4v) is 1.03. The molecule has 0 aromatic carbocycles. The van der Waals surface area contributed by atoms with Crippen LogP contribution in [-0.4, -0.2) is 22.4 Å². The van der Waals surface area contributed by atoms with Crippen molar-refractivity contribution in [2.75, 3.05) is 0 Å². The van der Waals surface area contributed by atoms with Crippen molar-refractivity contribution >= 4 is 0 Å². The summed E-state index contributed by atoms with van der Waals surface area (Å²) in [5.41, 5.74) is 0. The number of rotatable bonds is 4. The van der Waals surface area contributed by atoms with Crippen LogP contribution in [0.4, 0.5) is 0 Å². The summed E-state index contributed by atoms with van der Waals surface area (Å²) in [6.07, 6.45) is 0.567. The molecule has 62 valence electrons. The van der Waals surface area contributed by atoms with Gasteiger partial charge in [-0.2, -0.15) is 0 Å². The summed E-state index contributed by atoms with van der Waals surface area (Å²) in [5.74, 6) is 0.508. The van der Waals surface area contributed by atoms with Gasteiger partial charge in [0.2, 0.25) is 0 Å². The number of aliphatic hydroxyl groups is 2. The van der Waals surface area contributed by atoms with Crippen LogP contribution < -0.4 is 0 Å². The standard InChI is InChI=1S/C8H18O2/c1-6(2)4-8(10)5-7(3)9/h6-10H,4-5H2,1-3H3. The summed E-state index contributed by atoms with van der Waals surface area (Å²) in [4.78, 5) is 0. The molecule has 0 amide bonds. The van der Waals surface area contributed by atoms with E-state index in [1.165, 1.54) is 0 Å². The molecule has 0 aliphatic heterocycles. The van der Waals surface area contributed by atoms with E-state index >= 15 is 0 Å². The normalized spacial score (nSPS) is 17.4. The van der Waals surface area contributed by atoms with Crippen molar-refractivity contribution in [3.05, 3.63) is 0 Å². The van der Waals surface area contributed by atoms with Crippen molar-refractivity contribution < 1.29 is 10.2 Å². The van der Waals surface area contributed by atoms with Crippen molar-refractivity contribution in [1.82, 2.24) is 0 Å². The van der Waals surface area contributed by atoms with Crippen molar-refractivity contribution in [2.24, 2.45) is 5.92 Å². The van der Waals surface area contributed by atoms with Crippen LogP contribution in [0.3, 0.4) is 0 Å². The van der Waals surface area contributed by atoms with Gasteiger partial charge in [-0.05, 0) is 25.7 Å². The van der Waals surface area contributed by atoms with Crippen LogP contribution in [0.15, 0.2) is 0 Å². The third kappa shape index (κ3) is 6.05. The van der Waals surface area contributed by atoms with E-state index in [2.05, 4.69) is 13.8 Å². The highest BCUT2D eigenvalue weighted by Crippen LogP contribution is 2.08. The summed E-state index contributed by atoms with van der Waals surface area (Å²) in [7, 11) is 0. The van der Waals surface area contributed by atoms with Crippen LogP contribution in [0, 0.1) is 5.92 Å². The Hall–Kier alpha value is -0.0800. The van der Waals surface area contributed by atoms with Crippen LogP contribution in [0.25, 0.3) is 0 Å². The maximum atomic E-state index is 9.23. The summed E-state index contributed by atoms with van der Waals surface area (Å²) < 4.78 is 0. The number of hydrogen-bond donors (Lipinski definition) is 2. The molecule has 0 aliphatic carbocycles. The average molecular weight is 146 g/mol. The topological polar surface area (TPSA) is 40.5 Å². The maximum absolute atomic E-state index is 9.23. The molecule has 0 heterocycles. The second-order valence-corrected chi connectivity index (χ2v) is 3.37. The molecule has 2 atom stereocenters. The van der Waals surface area contributed by atoms with E-state index in [4.69, 9.17) is 5.11 Å². The Morgan fingerprint density at radius 2 is 1.50 bits per heavy atom. The zero-order valence-electron chi connectivity index (χ0n) is 7.04. The van der Waals surface area contributed by atoms with E-state index in [1.54, 1.807) is 6.92 Å². The van der Waals surface area contributed by atoms with Gasteiger partial charge in [0.05, 0.1) is 12.2 Å². The average Bonchev–Trinajstić information content (AvgIpc) is 1.58. The maximum Gasteiger partial charge on any atom is 0.0567 e. The summed E-state index contributed by atoms with van der Waals surface area (Å²) >= 11 is 0. The zero-order chi connectivity index (χ0) is 8.15. The first-order valence-corrected chi connectivity index (χ1v) is 3.88. The summed E-state index contributed by atoms with van der Waals surface area (Å²) in [6, 6.07) is 0. The van der Waals surface area contributed by atoms with Gasteiger partial charge in [-0.25, -0.2) is 0 Å². The largest absolute Gasteiger partial charge is 0.393 e. The van der Waals surface area contributed by atoms with Crippen LogP contribution in [0.5, 0.6) is 0 Å². The Kier molecular flexibility index (Phi) is 4.65. The van der Waals surface area contributed by atoms with Crippen LogP contribution in [0.1, 0.15) is 33.6 Å². The van der Waals surface area contributed by atoms with Gasteiger partial charge in [-0.15, -0.1) is 0 Å². The van der Waals surface area contributed by atoms with Gasteiger partial charge < -0.3 is 10.2 Å². The van der Waals surface area contributed by atoms with Gasteiger partial charge in [0, 0.05) is 0 Å². The highest BCUT2D eigenvalue weighted by molar-refractivity contribution is 4.61. The molecule has 2 N–H and O–H groups in total. The lowest BCUT2D eigenvalue weighted by molar-refractivity contribution is 0.0772. The van der Waals surface area contributed by atoms with Crippen LogP contribution in [0.2, 0.25) is 0 Å². The Bertz CT molecular complexity index is 69.3. The molecular formula is C8H18O2. The summed E-state index contributed by atoms with van der Waals surface area (Å²) in [6.45, 7) is 5.82. The van der Waals surface area contributed by atoms with Crippen molar-refractivity contribution in [1.29, 1.82) is 0 Å². The highest BCUT2D eigenvalue weighted by Gasteiger charge is 2.08. The Balaban J connectivity index is 3.34. The van der Waals surface area contributed by atoms with E-state index in [-0.39, 0.29) is 12.2 Å². The lowest BCUT2D eigenvalue weighted by Crippen LogP contribution is -2.16. The fourth-order valence-electron chi connectivity index (χ4n) is 1.03. The molecule has 0 aliphatic rings. The molecule has 0 spiro atoms. The van der Waals surface area contributed by atoms with E-state index in [0.29, 0.717) is 12.3 Å². The lowest BCUT2D eigenvalue weighted by Gasteiger charge is -2.13. The minimum atomic E-state index is -0.381. The van der Waals surface area contributed by atoms with E-state index in [9.17, 15) is 5.11 Å². The number of hydrogen-bond acceptors (Lipinski definition) is 2. The van der Waals surface area contributed by atoms with Gasteiger partial charge in [0.15, 0.2) is 0 Å². The van der Waals surface area contributed by atoms with Crippen LogP contribution >= 0.6 is 0 Å². The highest BCUT2D eigenvalue weighted by atomic mass is 16.3. The first-order chi connectivity index (χ1) is 4.52. The molecular weight excluding hydrogens is 128 g/mol. The smallest absolute Gasteiger partial charge is 0.0567 e. The minimum absolute atomic E-state index is 0.333. The molecule has 0 bridgehead atoms. The van der Waals surface area contributed by atoms with Gasteiger partial charge in [0.25, 0.3) is 0 Å². The van der Waals surface area contributed by atoms with E-state index < -0.39 is 0 Å². The van der Waals surface area contributed by atoms with E-state index in [1.807, 2.05) is 0 Å². The molecule has 10 heavy (non-hydrogen) atoms. The predicted molar refractivity (Wildman–Crippen MR) is 41.8 cm³/mol. The first kappa shape index (κ1) is 9.92. The minimum Gasteiger partial charge on any atom is -0.393 e. The third-order valence-corrected chi connectivity index (χ3v) is 1.36. The molecule has 0 aromatic rings. The van der Waals surface area contributed by atoms with Gasteiger partial charge >= 0.3 is 0 Å². The molecule has 2 unspecified atom stereocenters. The van der Waals surface area contributed by atoms with Crippen molar-refractivity contribution in [2.45, 2.75) is 45.8 Å². The molecule has 0 saturated heterocycles. The second kappa shape index (κ2) is 4.69. The van der Waals surface area contributed by atoms with Crippen molar-refractivity contribution in [3.63, 3.8) is 0 Å². The SMILES string of the molecule is CC(C)CC(O)CC(C)O. The monoisotopic (exact) mass is 146 g/mol. The first-order valence-electron chi connectivity index (χ1n) is 3.88. The van der Waals surface area contributed by atoms with Crippen LogP contribution in [-0.2, 0) is 0 Å². The molecule has 2 heteroatoms. The fraction of sp³-hybridized carbons (Fsp3) is 1.00. The quantitative estimate of drug-likeness (QED) is 0.625. The number of aliphatic hydroxyl groups excluding tert-OH is 2. The van der Waals surface area contributed by atoms with Gasteiger partial charge in [-0.1, -0.05) is 13.8 Å². The summed E-state index contributed by atoms with van der Waals surface area (Å²) in [5, 5.41) is 18.1. The molecule has 0 saturated carbocycles. The lowest BCUT2D eigenvalue weighted by atomic mass is 10.0. The Labute approximate surface area is 62.9 Å². The Morgan fingerprint density at radius 3 is 1.80 bits per heavy atom. The molecule has 0 aromatic heterocycles. The Morgan fingerprint density at radius 1 is 1.00 bits per heavy atom. The van der Waals surface area contributed by atoms with Crippen molar-refractivity contribution in [3.8, 4) is 0 Å². The molecule has 0 fully saturated rings. The molecule has 0 radical (unpaired) electrons.